The zero-order chi connectivity index (χ0) is 13.1. The number of benzene rings is 1. The van der Waals surface area contributed by atoms with Gasteiger partial charge in [0, 0.05) is 16.8 Å². The fourth-order valence-electron chi connectivity index (χ4n) is 4.20. The van der Waals surface area contributed by atoms with Gasteiger partial charge in [-0.3, -0.25) is 4.79 Å². The molecule has 1 amide bonds. The van der Waals surface area contributed by atoms with Gasteiger partial charge in [0.1, 0.15) is 0 Å². The van der Waals surface area contributed by atoms with Crippen molar-refractivity contribution in [3.63, 3.8) is 0 Å². The fraction of sp³-hybridized carbons (Fsp3) is 0.533. The monoisotopic (exact) mass is 276 g/mol. The number of carbonyl (C=O) groups excluding carboxylic acids is 1. The Morgan fingerprint density at radius 1 is 1.37 bits per heavy atom. The Kier molecular flexibility index (Phi) is 2.45. The third-order valence-corrected chi connectivity index (χ3v) is 5.19. The first kappa shape index (κ1) is 11.7. The second kappa shape index (κ2) is 3.97. The van der Waals surface area contributed by atoms with Gasteiger partial charge in [0.05, 0.1) is 12.0 Å². The summed E-state index contributed by atoms with van der Waals surface area (Å²) in [5, 5.41) is 0.765. The van der Waals surface area contributed by atoms with Crippen molar-refractivity contribution in [2.24, 2.45) is 5.92 Å². The van der Waals surface area contributed by atoms with Gasteiger partial charge in [0.15, 0.2) is 0 Å². The van der Waals surface area contributed by atoms with E-state index in [-0.39, 0.29) is 5.92 Å². The number of likely N-dealkylation sites (N-methyl/N-ethyl adjacent to an activating group) is 1. The van der Waals surface area contributed by atoms with Crippen molar-refractivity contribution in [3.05, 3.63) is 28.8 Å². The Morgan fingerprint density at radius 3 is 3.05 bits per heavy atom. The highest BCUT2D eigenvalue weighted by Gasteiger charge is 2.54. The molecular formula is C15H17ClN2O. The molecule has 1 aromatic rings. The number of piperidine rings is 1. The number of likely N-dealkylation sites (tertiary alicyclic amines) is 1. The van der Waals surface area contributed by atoms with Gasteiger partial charge >= 0.3 is 0 Å². The maximum Gasteiger partial charge on any atom is 0.232 e. The minimum absolute atomic E-state index is 0.201. The van der Waals surface area contributed by atoms with Gasteiger partial charge in [-0.05, 0) is 56.6 Å². The molecule has 2 fully saturated rings. The van der Waals surface area contributed by atoms with E-state index in [0.717, 1.165) is 36.5 Å². The van der Waals surface area contributed by atoms with Gasteiger partial charge in [-0.1, -0.05) is 11.6 Å². The summed E-state index contributed by atoms with van der Waals surface area (Å²) < 4.78 is 0. The van der Waals surface area contributed by atoms with Crippen LogP contribution in [0.5, 0.6) is 0 Å². The zero-order valence-corrected chi connectivity index (χ0v) is 11.7. The molecule has 19 heavy (non-hydrogen) atoms. The van der Waals surface area contributed by atoms with Gasteiger partial charge in [0.2, 0.25) is 5.91 Å². The third-order valence-electron chi connectivity index (χ3n) is 4.96. The van der Waals surface area contributed by atoms with Crippen LogP contribution in [-0.2, 0) is 11.2 Å². The van der Waals surface area contributed by atoms with E-state index in [4.69, 9.17) is 11.6 Å². The normalized spacial score (nSPS) is 33.3. The van der Waals surface area contributed by atoms with Crippen molar-refractivity contribution in [1.82, 2.24) is 4.90 Å². The molecule has 4 heteroatoms. The van der Waals surface area contributed by atoms with E-state index in [1.54, 1.807) is 0 Å². The van der Waals surface area contributed by atoms with Crippen molar-refractivity contribution in [3.8, 4) is 0 Å². The van der Waals surface area contributed by atoms with E-state index in [9.17, 15) is 4.79 Å². The van der Waals surface area contributed by atoms with Crippen LogP contribution in [0, 0.1) is 5.92 Å². The van der Waals surface area contributed by atoms with E-state index in [1.165, 1.54) is 5.56 Å². The van der Waals surface area contributed by atoms with Gasteiger partial charge in [-0.15, -0.1) is 0 Å². The Morgan fingerprint density at radius 2 is 2.21 bits per heavy atom. The molecular weight excluding hydrogens is 260 g/mol. The number of amides is 1. The number of halogens is 1. The lowest BCUT2D eigenvalue weighted by atomic mass is 9.87. The molecule has 1 aromatic carbocycles. The largest absolute Gasteiger partial charge is 0.307 e. The maximum atomic E-state index is 12.7. The van der Waals surface area contributed by atoms with Gasteiger partial charge < -0.3 is 9.80 Å². The highest BCUT2D eigenvalue weighted by atomic mass is 35.5. The van der Waals surface area contributed by atoms with Crippen LogP contribution in [0.2, 0.25) is 5.02 Å². The first-order valence-electron chi connectivity index (χ1n) is 6.98. The van der Waals surface area contributed by atoms with Crippen molar-refractivity contribution in [2.75, 3.05) is 18.5 Å². The summed E-state index contributed by atoms with van der Waals surface area (Å²) in [5.41, 5.74) is 2.31. The first-order valence-corrected chi connectivity index (χ1v) is 7.36. The number of nitrogens with zero attached hydrogens (tertiary/aromatic N) is 2. The molecule has 3 aliphatic rings. The number of carbonyl (C=O) groups is 1. The van der Waals surface area contributed by atoms with Crippen molar-refractivity contribution in [1.29, 1.82) is 0 Å². The van der Waals surface area contributed by atoms with E-state index in [2.05, 4.69) is 11.9 Å². The van der Waals surface area contributed by atoms with Gasteiger partial charge in [0.25, 0.3) is 0 Å². The smallest absolute Gasteiger partial charge is 0.232 e. The molecule has 0 bridgehead atoms. The molecule has 3 heterocycles. The number of hydrogen-bond acceptors (Lipinski definition) is 2. The van der Waals surface area contributed by atoms with Crippen LogP contribution in [-0.4, -0.2) is 36.5 Å². The predicted molar refractivity (Wildman–Crippen MR) is 75.6 cm³/mol. The maximum absolute atomic E-state index is 12.7. The Balaban J connectivity index is 1.78. The van der Waals surface area contributed by atoms with Crippen LogP contribution in [0.4, 0.5) is 5.69 Å². The first-order chi connectivity index (χ1) is 9.16. The summed E-state index contributed by atoms with van der Waals surface area (Å²) in [6.07, 6.45) is 3.13. The molecule has 0 radical (unpaired) electrons. The molecule has 3 atom stereocenters. The molecule has 3 nitrogen and oxygen atoms in total. The fourth-order valence-corrected chi connectivity index (χ4v) is 4.40. The van der Waals surface area contributed by atoms with E-state index in [0.29, 0.717) is 18.0 Å². The number of hydrogen-bond donors (Lipinski definition) is 0. The molecule has 3 aliphatic heterocycles. The minimum atomic E-state index is 0.201. The van der Waals surface area contributed by atoms with E-state index < -0.39 is 0 Å². The summed E-state index contributed by atoms with van der Waals surface area (Å²) >= 11 is 6.07. The van der Waals surface area contributed by atoms with Crippen LogP contribution < -0.4 is 4.90 Å². The second-order valence-corrected chi connectivity index (χ2v) is 6.41. The third kappa shape index (κ3) is 1.52. The molecule has 0 aromatic heterocycles. The lowest BCUT2D eigenvalue weighted by Gasteiger charge is -2.35. The van der Waals surface area contributed by atoms with Crippen LogP contribution in [0.3, 0.4) is 0 Å². The summed E-state index contributed by atoms with van der Waals surface area (Å²) in [6, 6.07) is 6.61. The lowest BCUT2D eigenvalue weighted by Crippen LogP contribution is -2.47. The summed E-state index contributed by atoms with van der Waals surface area (Å²) in [4.78, 5) is 17.1. The van der Waals surface area contributed by atoms with Crippen molar-refractivity contribution in [2.45, 2.75) is 31.3 Å². The number of rotatable bonds is 0. The molecule has 4 rings (SSSR count). The summed E-state index contributed by atoms with van der Waals surface area (Å²) in [5.74, 6) is 0.523. The summed E-state index contributed by atoms with van der Waals surface area (Å²) in [6.45, 7) is 1.11. The van der Waals surface area contributed by atoms with Gasteiger partial charge in [-0.25, -0.2) is 0 Å². The van der Waals surface area contributed by atoms with Gasteiger partial charge in [-0.2, -0.15) is 0 Å². The van der Waals surface area contributed by atoms with Crippen LogP contribution in [0.1, 0.15) is 18.4 Å². The molecule has 0 N–H and O–H groups in total. The molecule has 3 unspecified atom stereocenters. The SMILES string of the molecule is CN1CCCC2C(=O)N3c4ccc(Cl)cc4CC3C21. The molecule has 100 valence electrons. The quantitative estimate of drug-likeness (QED) is 0.726. The minimum Gasteiger partial charge on any atom is -0.307 e. The Hall–Kier alpha value is -1.06. The topological polar surface area (TPSA) is 23.6 Å². The predicted octanol–water partition coefficient (Wildman–Crippen LogP) is 2.32. The number of anilines is 1. The van der Waals surface area contributed by atoms with Crippen LogP contribution >= 0.6 is 11.6 Å². The van der Waals surface area contributed by atoms with Crippen LogP contribution in [0.25, 0.3) is 0 Å². The van der Waals surface area contributed by atoms with Crippen molar-refractivity contribution < 1.29 is 4.79 Å². The zero-order valence-electron chi connectivity index (χ0n) is 11.0. The second-order valence-electron chi connectivity index (χ2n) is 5.97. The summed E-state index contributed by atoms with van der Waals surface area (Å²) in [7, 11) is 2.16. The molecule has 2 saturated heterocycles. The van der Waals surface area contributed by atoms with Crippen LogP contribution in [0.15, 0.2) is 18.2 Å². The van der Waals surface area contributed by atoms with Crippen molar-refractivity contribution >= 4 is 23.2 Å². The lowest BCUT2D eigenvalue weighted by molar-refractivity contribution is -0.122. The molecule has 0 spiro atoms. The molecule has 0 saturated carbocycles. The standard InChI is InChI=1S/C15H17ClN2O/c1-17-6-2-3-11-14(17)13-8-9-7-10(16)4-5-12(9)18(13)15(11)19/h4-5,7,11,13-14H,2-3,6,8H2,1H3. The highest BCUT2D eigenvalue weighted by Crippen LogP contribution is 2.45. The number of fused-ring (bicyclic) bond motifs is 5. The van der Waals surface area contributed by atoms with E-state index >= 15 is 0 Å². The Labute approximate surface area is 118 Å². The molecule has 0 aliphatic carbocycles. The average Bonchev–Trinajstić information content (AvgIpc) is 2.87. The highest BCUT2D eigenvalue weighted by molar-refractivity contribution is 6.30. The Bertz CT molecular complexity index is 559. The average molecular weight is 277 g/mol. The van der Waals surface area contributed by atoms with E-state index in [1.807, 2.05) is 23.1 Å².